The number of rotatable bonds is 6. The predicted molar refractivity (Wildman–Crippen MR) is 97.3 cm³/mol. The van der Waals surface area contributed by atoms with Crippen LogP contribution in [0.1, 0.15) is 17.3 Å². The molecule has 1 aromatic heterocycles. The minimum atomic E-state index is -1.08. The number of benzene rings is 1. The quantitative estimate of drug-likeness (QED) is 0.590. The van der Waals surface area contributed by atoms with Crippen molar-refractivity contribution in [3.8, 4) is 11.5 Å². The summed E-state index contributed by atoms with van der Waals surface area (Å²) >= 11 is 11.5. The lowest BCUT2D eigenvalue weighted by Crippen LogP contribution is -2.30. The average Bonchev–Trinajstić information content (AvgIpc) is 2.63. The molecule has 1 amide bonds. The van der Waals surface area contributed by atoms with Crippen molar-refractivity contribution < 1.29 is 23.8 Å². The third-order valence-electron chi connectivity index (χ3n) is 3.35. The van der Waals surface area contributed by atoms with Gasteiger partial charge >= 0.3 is 5.97 Å². The fraction of sp³-hybridized carbons (Fsp3) is 0.235. The second kappa shape index (κ2) is 8.73. The maximum atomic E-state index is 12.3. The Morgan fingerprint density at radius 3 is 2.50 bits per heavy atom. The number of ether oxygens (including phenoxy) is 3. The summed E-state index contributed by atoms with van der Waals surface area (Å²) in [4.78, 5) is 28.2. The van der Waals surface area contributed by atoms with E-state index in [2.05, 4.69) is 10.3 Å². The van der Waals surface area contributed by atoms with Crippen LogP contribution in [0.25, 0.3) is 0 Å². The molecule has 0 radical (unpaired) electrons. The number of hydrogen-bond acceptors (Lipinski definition) is 6. The Kier molecular flexibility index (Phi) is 6.65. The van der Waals surface area contributed by atoms with Gasteiger partial charge in [0.25, 0.3) is 5.91 Å². The van der Waals surface area contributed by atoms with Crippen LogP contribution in [-0.2, 0) is 9.53 Å². The standard InChI is InChI=1S/C17H16Cl2N2O5/c1-9(26-17(23)10-6-12(18)15(19)20-8-10)16(22)21-13-7-11(24-2)4-5-14(13)25-3/h4-9H,1-3H3,(H,21,22). The number of halogens is 2. The summed E-state index contributed by atoms with van der Waals surface area (Å²) in [5.41, 5.74) is 0.467. The van der Waals surface area contributed by atoms with Gasteiger partial charge in [-0.1, -0.05) is 23.2 Å². The summed E-state index contributed by atoms with van der Waals surface area (Å²) in [5, 5.41) is 2.81. The second-order valence-electron chi connectivity index (χ2n) is 5.10. The van der Waals surface area contributed by atoms with Crippen LogP contribution in [-0.4, -0.2) is 37.2 Å². The number of nitrogens with one attached hydrogen (secondary N) is 1. The van der Waals surface area contributed by atoms with E-state index in [-0.39, 0.29) is 15.7 Å². The highest BCUT2D eigenvalue weighted by Gasteiger charge is 2.21. The number of pyridine rings is 1. The van der Waals surface area contributed by atoms with Gasteiger partial charge in [-0.05, 0) is 25.1 Å². The summed E-state index contributed by atoms with van der Waals surface area (Å²) in [5.74, 6) is -0.326. The number of methoxy groups -OCH3 is 2. The molecule has 26 heavy (non-hydrogen) atoms. The van der Waals surface area contributed by atoms with Gasteiger partial charge in [0.2, 0.25) is 0 Å². The first-order valence-corrected chi connectivity index (χ1v) is 8.16. The summed E-state index contributed by atoms with van der Waals surface area (Å²) in [6.07, 6.45) is 0.138. The minimum absolute atomic E-state index is 0.0686. The molecule has 1 heterocycles. The van der Waals surface area contributed by atoms with Crippen LogP contribution < -0.4 is 14.8 Å². The van der Waals surface area contributed by atoms with Crippen LogP contribution in [0.5, 0.6) is 11.5 Å². The number of amides is 1. The molecule has 1 unspecified atom stereocenters. The van der Waals surface area contributed by atoms with Crippen LogP contribution in [0.3, 0.4) is 0 Å². The number of anilines is 1. The molecule has 1 N–H and O–H groups in total. The van der Waals surface area contributed by atoms with Gasteiger partial charge < -0.3 is 19.5 Å². The molecule has 0 aliphatic carbocycles. The molecule has 0 spiro atoms. The van der Waals surface area contributed by atoms with E-state index in [0.29, 0.717) is 17.2 Å². The number of esters is 1. The molecule has 9 heteroatoms. The predicted octanol–water partition coefficient (Wildman–Crippen LogP) is 3.59. The molecule has 0 aliphatic heterocycles. The highest BCUT2D eigenvalue weighted by atomic mass is 35.5. The molecule has 0 fully saturated rings. The van der Waals surface area contributed by atoms with Crippen LogP contribution >= 0.6 is 23.2 Å². The van der Waals surface area contributed by atoms with E-state index in [9.17, 15) is 9.59 Å². The van der Waals surface area contributed by atoms with Gasteiger partial charge in [0.15, 0.2) is 6.10 Å². The van der Waals surface area contributed by atoms with Gasteiger partial charge in [0.1, 0.15) is 16.7 Å². The number of carbonyl (C=O) groups is 2. The summed E-state index contributed by atoms with van der Waals surface area (Å²) in [6.45, 7) is 1.44. The maximum Gasteiger partial charge on any atom is 0.340 e. The Morgan fingerprint density at radius 2 is 1.88 bits per heavy atom. The maximum absolute atomic E-state index is 12.3. The van der Waals surface area contributed by atoms with Crippen molar-refractivity contribution in [1.29, 1.82) is 0 Å². The highest BCUT2D eigenvalue weighted by Crippen LogP contribution is 2.29. The lowest BCUT2D eigenvalue weighted by molar-refractivity contribution is -0.123. The summed E-state index contributed by atoms with van der Waals surface area (Å²) in [7, 11) is 2.97. The van der Waals surface area contributed by atoms with Gasteiger partial charge in [0, 0.05) is 12.3 Å². The second-order valence-corrected chi connectivity index (χ2v) is 5.86. The van der Waals surface area contributed by atoms with Gasteiger partial charge in [0.05, 0.1) is 30.5 Å². The minimum Gasteiger partial charge on any atom is -0.497 e. The van der Waals surface area contributed by atoms with E-state index in [0.717, 1.165) is 0 Å². The zero-order valence-electron chi connectivity index (χ0n) is 14.2. The molecule has 1 atom stereocenters. The number of carbonyl (C=O) groups excluding carboxylic acids is 2. The molecule has 2 aromatic rings. The molecular formula is C17H16Cl2N2O5. The lowest BCUT2D eigenvalue weighted by atomic mass is 10.2. The first-order valence-electron chi connectivity index (χ1n) is 7.40. The zero-order chi connectivity index (χ0) is 19.3. The Labute approximate surface area is 160 Å². The van der Waals surface area contributed by atoms with Gasteiger partial charge in [-0.15, -0.1) is 0 Å². The number of hydrogen-bond donors (Lipinski definition) is 1. The van der Waals surface area contributed by atoms with E-state index >= 15 is 0 Å². The monoisotopic (exact) mass is 398 g/mol. The van der Waals surface area contributed by atoms with Gasteiger partial charge in [-0.3, -0.25) is 4.79 Å². The lowest BCUT2D eigenvalue weighted by Gasteiger charge is -2.16. The normalized spacial score (nSPS) is 11.4. The average molecular weight is 399 g/mol. The van der Waals surface area contributed by atoms with Crippen molar-refractivity contribution in [2.24, 2.45) is 0 Å². The van der Waals surface area contributed by atoms with Crippen LogP contribution in [0.15, 0.2) is 30.5 Å². The van der Waals surface area contributed by atoms with E-state index in [1.54, 1.807) is 18.2 Å². The largest absolute Gasteiger partial charge is 0.497 e. The molecule has 138 valence electrons. The van der Waals surface area contributed by atoms with Crippen molar-refractivity contribution in [3.63, 3.8) is 0 Å². The fourth-order valence-corrected chi connectivity index (χ4v) is 2.23. The molecule has 0 aliphatic rings. The Morgan fingerprint density at radius 1 is 1.15 bits per heavy atom. The van der Waals surface area contributed by atoms with Crippen LogP contribution in [0.2, 0.25) is 10.2 Å². The molecule has 7 nitrogen and oxygen atoms in total. The molecule has 0 saturated carbocycles. The van der Waals surface area contributed by atoms with Crippen molar-refractivity contribution >= 4 is 40.8 Å². The van der Waals surface area contributed by atoms with E-state index in [4.69, 9.17) is 37.4 Å². The van der Waals surface area contributed by atoms with Crippen LogP contribution in [0, 0.1) is 0 Å². The van der Waals surface area contributed by atoms with E-state index < -0.39 is 18.0 Å². The molecule has 0 saturated heterocycles. The SMILES string of the molecule is COc1ccc(OC)c(NC(=O)C(C)OC(=O)c2cnc(Cl)c(Cl)c2)c1. The first-order chi connectivity index (χ1) is 12.3. The molecular weight excluding hydrogens is 383 g/mol. The topological polar surface area (TPSA) is 86.8 Å². The Balaban J connectivity index is 2.07. The van der Waals surface area contributed by atoms with Crippen molar-refractivity contribution in [1.82, 2.24) is 4.98 Å². The number of aromatic nitrogens is 1. The first kappa shape index (κ1) is 19.8. The smallest absolute Gasteiger partial charge is 0.340 e. The van der Waals surface area contributed by atoms with Crippen molar-refractivity contribution in [3.05, 3.63) is 46.2 Å². The summed E-state index contributed by atoms with van der Waals surface area (Å²) < 4.78 is 15.4. The van der Waals surface area contributed by atoms with E-state index in [1.165, 1.54) is 33.4 Å². The fourth-order valence-electron chi connectivity index (χ4n) is 1.96. The third-order valence-corrected chi connectivity index (χ3v) is 4.04. The van der Waals surface area contributed by atoms with Crippen LogP contribution in [0.4, 0.5) is 5.69 Å². The highest BCUT2D eigenvalue weighted by molar-refractivity contribution is 6.41. The molecule has 2 rings (SSSR count). The molecule has 1 aromatic carbocycles. The Bertz CT molecular complexity index is 829. The third kappa shape index (κ3) is 4.77. The van der Waals surface area contributed by atoms with Crippen molar-refractivity contribution in [2.75, 3.05) is 19.5 Å². The van der Waals surface area contributed by atoms with E-state index in [1.807, 2.05) is 0 Å². The van der Waals surface area contributed by atoms with Gasteiger partial charge in [-0.25, -0.2) is 9.78 Å². The number of nitrogens with zero attached hydrogens (tertiary/aromatic N) is 1. The molecule has 0 bridgehead atoms. The van der Waals surface area contributed by atoms with Gasteiger partial charge in [-0.2, -0.15) is 0 Å². The zero-order valence-corrected chi connectivity index (χ0v) is 15.7. The summed E-state index contributed by atoms with van der Waals surface area (Å²) in [6, 6.07) is 6.24. The Hall–Kier alpha value is -2.51. The van der Waals surface area contributed by atoms with Crippen molar-refractivity contribution in [2.45, 2.75) is 13.0 Å².